The van der Waals surface area contributed by atoms with Crippen molar-refractivity contribution in [3.8, 4) is 5.75 Å². The average Bonchev–Trinajstić information content (AvgIpc) is 2.16. The molecule has 0 unspecified atom stereocenters. The molecule has 0 spiro atoms. The summed E-state index contributed by atoms with van der Waals surface area (Å²) in [6.45, 7) is -1.05. The number of carboxylic acids is 1. The van der Waals surface area contributed by atoms with Crippen LogP contribution in [-0.2, 0) is 4.79 Å². The van der Waals surface area contributed by atoms with Crippen molar-refractivity contribution in [2.45, 2.75) is 6.10 Å². The topological polar surface area (TPSA) is 46.5 Å². The maximum absolute atomic E-state index is 12.2. The molecule has 1 aromatic rings. The highest BCUT2D eigenvalue weighted by Gasteiger charge is 2.18. The van der Waals surface area contributed by atoms with Crippen molar-refractivity contribution in [3.63, 3.8) is 0 Å². The molecule has 0 aromatic heterocycles. The summed E-state index contributed by atoms with van der Waals surface area (Å²) in [6, 6.07) is 6.50. The molecule has 1 aromatic carbocycles. The molecule has 0 aliphatic heterocycles. The Morgan fingerprint density at radius 2 is 2.07 bits per heavy atom. The first-order chi connectivity index (χ1) is 6.63. The Morgan fingerprint density at radius 1 is 1.50 bits per heavy atom. The molecule has 14 heavy (non-hydrogen) atoms. The zero-order valence-electron chi connectivity index (χ0n) is 7.11. The molecule has 0 saturated carbocycles. The van der Waals surface area contributed by atoms with Gasteiger partial charge in [-0.1, -0.05) is 15.9 Å². The van der Waals surface area contributed by atoms with Crippen molar-refractivity contribution in [3.05, 3.63) is 28.7 Å². The van der Waals surface area contributed by atoms with E-state index in [1.54, 1.807) is 24.3 Å². The van der Waals surface area contributed by atoms with Gasteiger partial charge in [-0.2, -0.15) is 0 Å². The van der Waals surface area contributed by atoms with Gasteiger partial charge in [-0.3, -0.25) is 0 Å². The molecular formula is C9H8BrFO3. The Kier molecular flexibility index (Phi) is 3.88. The zero-order chi connectivity index (χ0) is 10.6. The summed E-state index contributed by atoms with van der Waals surface area (Å²) in [5.41, 5.74) is 0. The second kappa shape index (κ2) is 4.95. The second-order valence-electron chi connectivity index (χ2n) is 2.55. The Labute approximate surface area is 88.6 Å². The molecule has 3 nitrogen and oxygen atoms in total. The first kappa shape index (κ1) is 11.0. The van der Waals surface area contributed by atoms with E-state index in [-0.39, 0.29) is 0 Å². The van der Waals surface area contributed by atoms with E-state index in [2.05, 4.69) is 15.9 Å². The summed E-state index contributed by atoms with van der Waals surface area (Å²) in [4.78, 5) is 10.4. The van der Waals surface area contributed by atoms with Crippen LogP contribution in [0.25, 0.3) is 0 Å². The summed E-state index contributed by atoms with van der Waals surface area (Å²) < 4.78 is 17.9. The molecule has 1 N–H and O–H groups in total. The normalized spacial score (nSPS) is 12.1. The van der Waals surface area contributed by atoms with E-state index < -0.39 is 18.7 Å². The van der Waals surface area contributed by atoms with Crippen molar-refractivity contribution >= 4 is 21.9 Å². The number of alkyl halides is 1. The minimum atomic E-state index is -1.43. The van der Waals surface area contributed by atoms with Crippen LogP contribution >= 0.6 is 15.9 Å². The van der Waals surface area contributed by atoms with Crippen molar-refractivity contribution in [2.75, 3.05) is 6.67 Å². The van der Waals surface area contributed by atoms with Gasteiger partial charge in [0.2, 0.25) is 6.10 Å². The van der Waals surface area contributed by atoms with Gasteiger partial charge in [0.05, 0.1) is 0 Å². The second-order valence-corrected chi connectivity index (χ2v) is 3.47. The van der Waals surface area contributed by atoms with Gasteiger partial charge in [-0.15, -0.1) is 0 Å². The highest BCUT2D eigenvalue weighted by atomic mass is 79.9. The standard InChI is InChI=1S/C9H8BrFO3/c10-6-1-3-7(4-2-6)14-8(5-11)9(12)13/h1-4,8H,5H2,(H,12,13)/t8-/m0/s1. The minimum absolute atomic E-state index is 0.332. The predicted octanol–water partition coefficient (Wildman–Crippen LogP) is 2.25. The van der Waals surface area contributed by atoms with E-state index in [1.807, 2.05) is 0 Å². The van der Waals surface area contributed by atoms with Crippen LogP contribution in [0.4, 0.5) is 4.39 Å². The molecule has 0 amide bonds. The van der Waals surface area contributed by atoms with Crippen LogP contribution in [0.5, 0.6) is 5.75 Å². The van der Waals surface area contributed by atoms with Gasteiger partial charge in [0, 0.05) is 4.47 Å². The lowest BCUT2D eigenvalue weighted by molar-refractivity contribution is -0.145. The Balaban J connectivity index is 2.67. The lowest BCUT2D eigenvalue weighted by Crippen LogP contribution is -2.28. The van der Waals surface area contributed by atoms with Crippen LogP contribution in [-0.4, -0.2) is 23.9 Å². The van der Waals surface area contributed by atoms with Gasteiger partial charge in [-0.05, 0) is 24.3 Å². The average molecular weight is 263 g/mol. The quantitative estimate of drug-likeness (QED) is 0.906. The van der Waals surface area contributed by atoms with Gasteiger partial charge >= 0.3 is 5.97 Å². The number of aliphatic carboxylic acids is 1. The molecule has 5 heteroatoms. The molecule has 0 aliphatic carbocycles. The number of carboxylic acid groups (broad SMARTS) is 1. The molecular weight excluding hydrogens is 255 g/mol. The summed E-state index contributed by atoms with van der Waals surface area (Å²) in [6.07, 6.45) is -1.43. The largest absolute Gasteiger partial charge is 0.478 e. The third kappa shape index (κ3) is 2.99. The van der Waals surface area contributed by atoms with Crippen molar-refractivity contribution in [2.24, 2.45) is 0 Å². The van der Waals surface area contributed by atoms with E-state index >= 15 is 0 Å². The van der Waals surface area contributed by atoms with Gasteiger partial charge in [0.15, 0.2) is 0 Å². The first-order valence-electron chi connectivity index (χ1n) is 3.84. The maximum atomic E-state index is 12.2. The molecule has 0 fully saturated rings. The van der Waals surface area contributed by atoms with E-state index in [9.17, 15) is 9.18 Å². The molecule has 1 rings (SSSR count). The number of halogens is 2. The van der Waals surface area contributed by atoms with Crippen LogP contribution < -0.4 is 4.74 Å². The number of ether oxygens (including phenoxy) is 1. The lowest BCUT2D eigenvalue weighted by Gasteiger charge is -2.11. The minimum Gasteiger partial charge on any atom is -0.478 e. The van der Waals surface area contributed by atoms with Crippen molar-refractivity contribution in [1.29, 1.82) is 0 Å². The fourth-order valence-electron chi connectivity index (χ4n) is 0.825. The number of hydrogen-bond donors (Lipinski definition) is 1. The molecule has 0 aliphatic rings. The van der Waals surface area contributed by atoms with Gasteiger partial charge < -0.3 is 9.84 Å². The Morgan fingerprint density at radius 3 is 2.50 bits per heavy atom. The third-order valence-corrected chi connectivity index (χ3v) is 2.04. The van der Waals surface area contributed by atoms with E-state index in [4.69, 9.17) is 9.84 Å². The van der Waals surface area contributed by atoms with Crippen molar-refractivity contribution in [1.82, 2.24) is 0 Å². The fraction of sp³-hybridized carbons (Fsp3) is 0.222. The van der Waals surface area contributed by atoms with E-state index in [0.29, 0.717) is 5.75 Å². The molecule has 0 saturated heterocycles. The van der Waals surface area contributed by atoms with Crippen LogP contribution in [0.2, 0.25) is 0 Å². The van der Waals surface area contributed by atoms with Crippen LogP contribution in [0.1, 0.15) is 0 Å². The molecule has 76 valence electrons. The monoisotopic (exact) mass is 262 g/mol. The van der Waals surface area contributed by atoms with Crippen LogP contribution in [0.15, 0.2) is 28.7 Å². The summed E-state index contributed by atoms with van der Waals surface area (Å²) in [7, 11) is 0. The Hall–Kier alpha value is -1.10. The highest BCUT2D eigenvalue weighted by Crippen LogP contribution is 2.17. The van der Waals surface area contributed by atoms with Gasteiger partial charge in [0.1, 0.15) is 12.4 Å². The number of hydrogen-bond acceptors (Lipinski definition) is 2. The van der Waals surface area contributed by atoms with Crippen molar-refractivity contribution < 1.29 is 19.0 Å². The SMILES string of the molecule is O=C(O)[C@H](CF)Oc1ccc(Br)cc1. The summed E-state index contributed by atoms with van der Waals surface area (Å²) >= 11 is 3.21. The molecule has 0 heterocycles. The fourth-order valence-corrected chi connectivity index (χ4v) is 1.09. The van der Waals surface area contributed by atoms with Crippen LogP contribution in [0.3, 0.4) is 0 Å². The summed E-state index contributed by atoms with van der Waals surface area (Å²) in [5, 5.41) is 8.51. The zero-order valence-corrected chi connectivity index (χ0v) is 8.70. The maximum Gasteiger partial charge on any atom is 0.347 e. The highest BCUT2D eigenvalue weighted by molar-refractivity contribution is 9.10. The van der Waals surface area contributed by atoms with E-state index in [0.717, 1.165) is 4.47 Å². The molecule has 0 radical (unpaired) electrons. The van der Waals surface area contributed by atoms with Crippen LogP contribution in [0, 0.1) is 0 Å². The molecule has 0 bridgehead atoms. The molecule has 1 atom stereocenters. The van der Waals surface area contributed by atoms with E-state index in [1.165, 1.54) is 0 Å². The summed E-state index contributed by atoms with van der Waals surface area (Å²) in [5.74, 6) is -0.978. The number of rotatable bonds is 4. The third-order valence-electron chi connectivity index (χ3n) is 1.51. The number of benzene rings is 1. The Bertz CT molecular complexity index is 312. The smallest absolute Gasteiger partial charge is 0.347 e. The predicted molar refractivity (Wildman–Crippen MR) is 52.2 cm³/mol. The van der Waals surface area contributed by atoms with Gasteiger partial charge in [0.25, 0.3) is 0 Å². The number of carbonyl (C=O) groups is 1. The van der Waals surface area contributed by atoms with Gasteiger partial charge in [-0.25, -0.2) is 9.18 Å². The first-order valence-corrected chi connectivity index (χ1v) is 4.64. The lowest BCUT2D eigenvalue weighted by atomic mass is 10.3.